The van der Waals surface area contributed by atoms with Gasteiger partial charge in [-0.25, -0.2) is 0 Å². The molecule has 148 valence electrons. The van der Waals surface area contributed by atoms with Crippen LogP contribution in [0.3, 0.4) is 0 Å². The van der Waals surface area contributed by atoms with Crippen LogP contribution in [0.2, 0.25) is 0 Å². The predicted molar refractivity (Wildman–Crippen MR) is 110 cm³/mol. The molecule has 0 spiro atoms. The molecule has 0 radical (unpaired) electrons. The summed E-state index contributed by atoms with van der Waals surface area (Å²) in [6, 6.07) is 13.0. The summed E-state index contributed by atoms with van der Waals surface area (Å²) in [6.45, 7) is -0.335. The van der Waals surface area contributed by atoms with E-state index in [9.17, 15) is 19.7 Å². The number of nitroso groups, excluding NO2 is 2. The maximum atomic E-state index is 13.2. The largest absolute Gasteiger partial charge is 0.508 e. The van der Waals surface area contributed by atoms with Gasteiger partial charge in [0, 0.05) is 22.7 Å². The number of fused-ring (bicyclic) bond motifs is 1. The average Bonchev–Trinajstić information content (AvgIpc) is 3.19. The Labute approximate surface area is 169 Å². The molecule has 2 aromatic carbocycles. The van der Waals surface area contributed by atoms with Crippen LogP contribution in [0.4, 0.5) is 0 Å². The van der Waals surface area contributed by atoms with Crippen LogP contribution in [-0.4, -0.2) is 26.1 Å². The molecule has 0 aliphatic carbocycles. The second-order valence-corrected chi connectivity index (χ2v) is 6.56. The number of ketones is 1. The molecule has 0 atom stereocenters. The molecule has 4 rings (SSSR count). The molecule has 0 aliphatic heterocycles. The number of carbonyl (C=O) groups is 1. The fraction of sp³-hybridized carbons (Fsp3) is 0.0952. The quantitative estimate of drug-likeness (QED) is 0.353. The minimum absolute atomic E-state index is 0.0478. The lowest BCUT2D eigenvalue weighted by molar-refractivity contribution is 0.104. The van der Waals surface area contributed by atoms with Crippen LogP contribution in [0.1, 0.15) is 27.2 Å². The van der Waals surface area contributed by atoms with Gasteiger partial charge < -0.3 is 10.1 Å². The molecule has 30 heavy (non-hydrogen) atoms. The molecule has 0 saturated heterocycles. The van der Waals surface area contributed by atoms with E-state index in [2.05, 4.69) is 25.5 Å². The molecule has 0 aliphatic rings. The number of benzene rings is 2. The van der Waals surface area contributed by atoms with Crippen LogP contribution in [0.5, 0.6) is 5.75 Å². The number of H-pyrrole nitrogens is 1. The lowest BCUT2D eigenvalue weighted by Gasteiger charge is -2.12. The van der Waals surface area contributed by atoms with Crippen LogP contribution in [0.15, 0.2) is 65.1 Å². The maximum absolute atomic E-state index is 13.2. The number of aromatic nitrogens is 3. The number of rotatable bonds is 7. The van der Waals surface area contributed by atoms with Crippen LogP contribution in [0.25, 0.3) is 22.2 Å². The molecule has 2 heterocycles. The first-order chi connectivity index (χ1) is 14.6. The summed E-state index contributed by atoms with van der Waals surface area (Å²) in [7, 11) is 0. The Morgan fingerprint density at radius 1 is 0.967 bits per heavy atom. The summed E-state index contributed by atoms with van der Waals surface area (Å²) < 4.78 is 0. The highest BCUT2D eigenvalue weighted by Crippen LogP contribution is 2.36. The minimum Gasteiger partial charge on any atom is -0.508 e. The maximum Gasteiger partial charge on any atom is 0.195 e. The lowest BCUT2D eigenvalue weighted by atomic mass is 9.93. The molecule has 9 heteroatoms. The zero-order valence-corrected chi connectivity index (χ0v) is 15.6. The van der Waals surface area contributed by atoms with Crippen molar-refractivity contribution in [3.05, 3.63) is 86.9 Å². The van der Waals surface area contributed by atoms with E-state index in [4.69, 9.17) is 0 Å². The summed E-state index contributed by atoms with van der Waals surface area (Å²) in [5, 5.41) is 24.1. The van der Waals surface area contributed by atoms with Gasteiger partial charge in [-0.05, 0) is 35.4 Å². The Morgan fingerprint density at radius 2 is 1.70 bits per heavy atom. The van der Waals surface area contributed by atoms with Gasteiger partial charge in [0.05, 0.1) is 11.3 Å². The Morgan fingerprint density at radius 3 is 2.43 bits per heavy atom. The first kappa shape index (κ1) is 19.1. The van der Waals surface area contributed by atoms with E-state index in [1.807, 2.05) is 0 Å². The van der Waals surface area contributed by atoms with E-state index in [0.29, 0.717) is 38.9 Å². The zero-order chi connectivity index (χ0) is 21.1. The molecule has 0 amide bonds. The Bertz CT molecular complexity index is 1260. The first-order valence-electron chi connectivity index (χ1n) is 9.01. The minimum atomic E-state index is -0.300. The van der Waals surface area contributed by atoms with Gasteiger partial charge in [0.1, 0.15) is 18.8 Å². The summed E-state index contributed by atoms with van der Waals surface area (Å²) in [5.41, 5.74) is 3.08. The fourth-order valence-corrected chi connectivity index (χ4v) is 3.43. The molecular weight excluding hydrogens is 386 g/mol. The van der Waals surface area contributed by atoms with Crippen LogP contribution in [0, 0.1) is 9.81 Å². The summed E-state index contributed by atoms with van der Waals surface area (Å²) in [5.74, 6) is -0.252. The number of hydrogen-bond donors (Lipinski definition) is 2. The number of nitrogens with zero attached hydrogens (tertiary/aromatic N) is 4. The van der Waals surface area contributed by atoms with Crippen molar-refractivity contribution in [1.82, 2.24) is 15.2 Å². The smallest absolute Gasteiger partial charge is 0.195 e. The van der Waals surface area contributed by atoms with Crippen molar-refractivity contribution in [2.75, 3.05) is 0 Å². The van der Waals surface area contributed by atoms with Gasteiger partial charge in [0.2, 0.25) is 0 Å². The number of carbonyl (C=O) groups excluding carboxylic acids is 1. The number of aromatic amines is 1. The Kier molecular flexibility index (Phi) is 5.08. The predicted octanol–water partition coefficient (Wildman–Crippen LogP) is 4.09. The van der Waals surface area contributed by atoms with E-state index in [-0.39, 0.29) is 30.3 Å². The zero-order valence-electron chi connectivity index (χ0n) is 15.6. The number of phenols is 1. The van der Waals surface area contributed by atoms with Gasteiger partial charge in [0.15, 0.2) is 11.4 Å². The van der Waals surface area contributed by atoms with Crippen molar-refractivity contribution in [1.29, 1.82) is 0 Å². The summed E-state index contributed by atoms with van der Waals surface area (Å²) >= 11 is 0. The number of phenolic OH excluding ortho intramolecular Hbond substituents is 1. The lowest BCUT2D eigenvalue weighted by Crippen LogP contribution is -2.04. The van der Waals surface area contributed by atoms with Crippen molar-refractivity contribution < 1.29 is 9.90 Å². The van der Waals surface area contributed by atoms with Crippen molar-refractivity contribution >= 4 is 16.8 Å². The van der Waals surface area contributed by atoms with Gasteiger partial charge >= 0.3 is 0 Å². The number of nitrogens with one attached hydrogen (secondary N) is 1. The van der Waals surface area contributed by atoms with Crippen molar-refractivity contribution in [2.24, 2.45) is 10.4 Å². The highest BCUT2D eigenvalue weighted by molar-refractivity contribution is 6.19. The molecule has 2 aromatic heterocycles. The first-order valence-corrected chi connectivity index (χ1v) is 9.01. The monoisotopic (exact) mass is 401 g/mol. The fourth-order valence-electron chi connectivity index (χ4n) is 3.43. The third kappa shape index (κ3) is 3.32. The Hall–Kier alpha value is -4.27. The topological polar surface area (TPSA) is 138 Å². The summed E-state index contributed by atoms with van der Waals surface area (Å²) in [6.07, 6.45) is 1.52. The van der Waals surface area contributed by atoms with E-state index in [0.717, 1.165) is 0 Å². The van der Waals surface area contributed by atoms with Crippen molar-refractivity contribution in [3.63, 3.8) is 0 Å². The van der Waals surface area contributed by atoms with Gasteiger partial charge in [-0.1, -0.05) is 34.6 Å². The summed E-state index contributed by atoms with van der Waals surface area (Å²) in [4.78, 5) is 38.1. The third-order valence-electron chi connectivity index (χ3n) is 4.78. The second-order valence-electron chi connectivity index (χ2n) is 6.56. The highest BCUT2D eigenvalue weighted by atomic mass is 16.3. The highest BCUT2D eigenvalue weighted by Gasteiger charge is 2.23. The molecule has 0 unspecified atom stereocenters. The standard InChI is InChI=1S/C21H15N5O4/c27-14-7-5-12(6-8-14)20(28)16-10-22-21-19(16)18(17(11-24-30)25-26-21)15-4-2-1-3-13(15)9-23-29/h1-8,10,27H,9,11H2,(H,22,26). The molecule has 0 saturated carbocycles. The molecule has 9 nitrogen and oxygen atoms in total. The van der Waals surface area contributed by atoms with E-state index < -0.39 is 0 Å². The van der Waals surface area contributed by atoms with Crippen molar-refractivity contribution in [2.45, 2.75) is 13.1 Å². The third-order valence-corrected chi connectivity index (χ3v) is 4.78. The van der Waals surface area contributed by atoms with Crippen LogP contribution >= 0.6 is 0 Å². The van der Waals surface area contributed by atoms with Gasteiger partial charge in [0.25, 0.3) is 0 Å². The number of hydrogen-bond acceptors (Lipinski definition) is 8. The second kappa shape index (κ2) is 8.00. The van der Waals surface area contributed by atoms with Gasteiger partial charge in [-0.2, -0.15) is 14.9 Å². The molecular formula is C21H15N5O4. The van der Waals surface area contributed by atoms with Crippen LogP contribution in [-0.2, 0) is 13.1 Å². The average molecular weight is 401 g/mol. The Balaban J connectivity index is 2.01. The molecule has 0 bridgehead atoms. The van der Waals surface area contributed by atoms with Crippen LogP contribution < -0.4 is 0 Å². The van der Waals surface area contributed by atoms with E-state index in [1.54, 1.807) is 24.3 Å². The van der Waals surface area contributed by atoms with E-state index in [1.165, 1.54) is 30.5 Å². The van der Waals surface area contributed by atoms with Crippen molar-refractivity contribution in [3.8, 4) is 16.9 Å². The molecule has 4 aromatic rings. The van der Waals surface area contributed by atoms with Gasteiger partial charge in [-0.3, -0.25) is 4.79 Å². The SMILES string of the molecule is O=NCc1ccccc1-c1c(CN=O)nnc2[nH]cc(C(=O)c3ccc(O)cc3)c12. The normalized spacial score (nSPS) is 10.8. The van der Waals surface area contributed by atoms with E-state index >= 15 is 0 Å². The van der Waals surface area contributed by atoms with Gasteiger partial charge in [-0.15, -0.1) is 5.10 Å². The molecule has 0 fully saturated rings. The number of aromatic hydroxyl groups is 1. The molecule has 2 N–H and O–H groups in total.